The van der Waals surface area contributed by atoms with E-state index in [1.807, 2.05) is 0 Å². The van der Waals surface area contributed by atoms with Crippen molar-refractivity contribution < 1.29 is 44.6 Å². The Bertz CT molecular complexity index is 1470. The Labute approximate surface area is 225 Å². The van der Waals surface area contributed by atoms with E-state index in [2.05, 4.69) is 4.74 Å². The molecule has 0 aliphatic rings. The molecule has 0 amide bonds. The van der Waals surface area contributed by atoms with Gasteiger partial charge in [0, 0.05) is 23.1 Å². The van der Waals surface area contributed by atoms with Gasteiger partial charge in [-0.1, -0.05) is 30.3 Å². The zero-order valence-electron chi connectivity index (χ0n) is 21.3. The van der Waals surface area contributed by atoms with Gasteiger partial charge in [-0.15, -0.1) is 0 Å². The molecule has 0 N–H and O–H groups in total. The number of halogens is 8. The fourth-order valence-electron chi connectivity index (χ4n) is 4.40. The molecule has 0 saturated heterocycles. The predicted molar refractivity (Wildman–Crippen MR) is 134 cm³/mol. The minimum absolute atomic E-state index is 0.0209. The third kappa shape index (κ3) is 7.03. The molecule has 0 saturated carbocycles. The molecule has 212 valence electrons. The molecule has 0 fully saturated rings. The van der Waals surface area contributed by atoms with Gasteiger partial charge in [-0.25, -0.2) is 22.0 Å². The summed E-state index contributed by atoms with van der Waals surface area (Å²) in [7, 11) is 0. The molecule has 2 nitrogen and oxygen atoms in total. The van der Waals surface area contributed by atoms with E-state index in [0.717, 1.165) is 29.8 Å². The van der Waals surface area contributed by atoms with Crippen molar-refractivity contribution in [2.75, 3.05) is 13.2 Å². The van der Waals surface area contributed by atoms with Crippen LogP contribution in [0.2, 0.25) is 0 Å². The Morgan fingerprint density at radius 2 is 1.30 bits per heavy atom. The lowest BCUT2D eigenvalue weighted by molar-refractivity contribution is -0.154. The van der Waals surface area contributed by atoms with E-state index in [4.69, 9.17) is 4.74 Å². The third-order valence-electron chi connectivity index (χ3n) is 6.31. The molecule has 0 heterocycles. The van der Waals surface area contributed by atoms with Crippen LogP contribution < -0.4 is 9.47 Å². The van der Waals surface area contributed by atoms with Gasteiger partial charge in [0.2, 0.25) is 0 Å². The number of benzene rings is 4. The summed E-state index contributed by atoms with van der Waals surface area (Å²) >= 11 is 0. The van der Waals surface area contributed by atoms with Gasteiger partial charge in [0.15, 0.2) is 24.0 Å². The molecule has 4 aromatic rings. The monoisotopic (exact) mass is 568 g/mol. The van der Waals surface area contributed by atoms with Gasteiger partial charge >= 0.3 is 6.18 Å². The second-order valence-corrected chi connectivity index (χ2v) is 9.19. The molecule has 0 aromatic heterocycles. The van der Waals surface area contributed by atoms with Crippen molar-refractivity contribution in [2.45, 2.75) is 38.8 Å². The van der Waals surface area contributed by atoms with Crippen LogP contribution in [-0.2, 0) is 25.7 Å². The lowest BCUT2D eigenvalue weighted by Gasteiger charge is -2.12. The van der Waals surface area contributed by atoms with Crippen molar-refractivity contribution in [1.82, 2.24) is 0 Å². The molecule has 0 atom stereocenters. The van der Waals surface area contributed by atoms with Crippen LogP contribution in [0.4, 0.5) is 35.1 Å². The Hall–Kier alpha value is -3.82. The van der Waals surface area contributed by atoms with Crippen molar-refractivity contribution in [3.63, 3.8) is 0 Å². The first-order chi connectivity index (χ1) is 18.9. The van der Waals surface area contributed by atoms with E-state index in [1.165, 1.54) is 6.07 Å². The number of aryl methyl sites for hydroxylation is 3. The van der Waals surface area contributed by atoms with Gasteiger partial charge < -0.3 is 9.47 Å². The summed E-state index contributed by atoms with van der Waals surface area (Å²) in [5.74, 6) is -5.51. The zero-order valence-corrected chi connectivity index (χ0v) is 21.3. The molecule has 0 spiro atoms. The normalized spacial score (nSPS) is 11.7. The fourth-order valence-corrected chi connectivity index (χ4v) is 4.40. The molecule has 4 aromatic carbocycles. The highest BCUT2D eigenvalue weighted by Gasteiger charge is 2.30. The Morgan fingerprint density at radius 3 is 1.93 bits per heavy atom. The van der Waals surface area contributed by atoms with Crippen LogP contribution in [0.1, 0.15) is 29.2 Å². The van der Waals surface area contributed by atoms with Crippen LogP contribution in [-0.4, -0.2) is 19.4 Å². The molecule has 4 rings (SSSR count). The molecule has 0 bridgehead atoms. The number of alkyl halides is 3. The molecule has 40 heavy (non-hydrogen) atoms. The molecular formula is C30H24F8O2. The lowest BCUT2D eigenvalue weighted by atomic mass is 9.97. The number of hydrogen-bond donors (Lipinski definition) is 0. The van der Waals surface area contributed by atoms with Crippen LogP contribution in [0, 0.1) is 29.1 Å². The van der Waals surface area contributed by atoms with Gasteiger partial charge in [0.1, 0.15) is 23.2 Å². The minimum Gasteiger partial charge on any atom is -0.494 e. The number of fused-ring (bicyclic) bond motifs is 1. The SMILES string of the molecule is CCOc1cc(F)c(CCc2ccc3c(F)c(CCc4cc(F)c(OCC(F)(F)F)c(F)c4)ccc3c2)c(F)c1. The molecule has 0 aliphatic heterocycles. The second kappa shape index (κ2) is 12.1. The molecule has 0 radical (unpaired) electrons. The van der Waals surface area contributed by atoms with Gasteiger partial charge in [0.25, 0.3) is 0 Å². The van der Waals surface area contributed by atoms with Gasteiger partial charge in [-0.2, -0.15) is 13.2 Å². The van der Waals surface area contributed by atoms with Crippen molar-refractivity contribution in [1.29, 1.82) is 0 Å². The van der Waals surface area contributed by atoms with Crippen molar-refractivity contribution in [3.8, 4) is 11.5 Å². The first-order valence-electron chi connectivity index (χ1n) is 12.4. The summed E-state index contributed by atoms with van der Waals surface area (Å²) in [4.78, 5) is 0. The maximum Gasteiger partial charge on any atom is 0.422 e. The maximum absolute atomic E-state index is 15.2. The Balaban J connectivity index is 1.44. The van der Waals surface area contributed by atoms with Gasteiger partial charge in [0.05, 0.1) is 6.61 Å². The highest BCUT2D eigenvalue weighted by molar-refractivity contribution is 5.84. The number of ether oxygens (including phenoxy) is 2. The van der Waals surface area contributed by atoms with E-state index in [-0.39, 0.29) is 48.3 Å². The van der Waals surface area contributed by atoms with Crippen LogP contribution >= 0.6 is 0 Å². The average molecular weight is 569 g/mol. The first-order valence-corrected chi connectivity index (χ1v) is 12.4. The van der Waals surface area contributed by atoms with Crippen LogP contribution in [0.25, 0.3) is 10.8 Å². The summed E-state index contributed by atoms with van der Waals surface area (Å²) < 4.78 is 118. The van der Waals surface area contributed by atoms with Crippen molar-refractivity contribution in [2.24, 2.45) is 0 Å². The largest absolute Gasteiger partial charge is 0.494 e. The first kappa shape index (κ1) is 29.2. The zero-order chi connectivity index (χ0) is 29.0. The van der Waals surface area contributed by atoms with E-state index < -0.39 is 47.6 Å². The van der Waals surface area contributed by atoms with Gasteiger partial charge in [-0.05, 0) is 66.8 Å². The maximum atomic E-state index is 15.2. The van der Waals surface area contributed by atoms with Crippen molar-refractivity contribution >= 4 is 10.8 Å². The summed E-state index contributed by atoms with van der Waals surface area (Å²) in [6, 6.07) is 12.1. The lowest BCUT2D eigenvalue weighted by Crippen LogP contribution is -2.20. The summed E-state index contributed by atoms with van der Waals surface area (Å²) in [6.07, 6.45) is -4.27. The van der Waals surface area contributed by atoms with Crippen LogP contribution in [0.15, 0.2) is 54.6 Å². The quantitative estimate of drug-likeness (QED) is 0.179. The standard InChI is InChI=1S/C30H24F8O2/c1-2-39-21-14-24(31)23(25(32)15-21)10-5-17-4-9-22-20(11-17)8-7-19(28(22)35)6-3-18-12-26(33)29(27(34)13-18)40-16-30(36,37)38/h4,7-9,11-15H,2-3,5-6,10,16H2,1H3. The molecule has 0 unspecified atom stereocenters. The molecule has 0 aliphatic carbocycles. The topological polar surface area (TPSA) is 18.5 Å². The predicted octanol–water partition coefficient (Wildman–Crippen LogP) is 8.45. The second-order valence-electron chi connectivity index (χ2n) is 9.19. The van der Waals surface area contributed by atoms with Crippen molar-refractivity contribution in [3.05, 3.63) is 106 Å². The fraction of sp³-hybridized carbons (Fsp3) is 0.267. The highest BCUT2D eigenvalue weighted by Crippen LogP contribution is 2.29. The summed E-state index contributed by atoms with van der Waals surface area (Å²) in [5, 5.41) is 0.864. The third-order valence-corrected chi connectivity index (χ3v) is 6.31. The van der Waals surface area contributed by atoms with E-state index >= 15 is 4.39 Å². The van der Waals surface area contributed by atoms with E-state index in [1.54, 1.807) is 31.2 Å². The minimum atomic E-state index is -4.75. The smallest absolute Gasteiger partial charge is 0.422 e. The van der Waals surface area contributed by atoms with Gasteiger partial charge in [-0.3, -0.25) is 0 Å². The Morgan fingerprint density at radius 1 is 0.650 bits per heavy atom. The summed E-state index contributed by atoms with van der Waals surface area (Å²) in [5.41, 5.74) is 1.07. The number of rotatable bonds is 10. The highest BCUT2D eigenvalue weighted by atomic mass is 19.4. The summed E-state index contributed by atoms with van der Waals surface area (Å²) in [6.45, 7) is 0.154. The molecule has 10 heteroatoms. The molecular weight excluding hydrogens is 544 g/mol. The number of hydrogen-bond acceptors (Lipinski definition) is 2. The average Bonchev–Trinajstić information content (AvgIpc) is 2.87. The van der Waals surface area contributed by atoms with E-state index in [0.29, 0.717) is 17.2 Å². The Kier molecular flexibility index (Phi) is 8.85. The van der Waals surface area contributed by atoms with Crippen LogP contribution in [0.3, 0.4) is 0 Å². The van der Waals surface area contributed by atoms with Crippen LogP contribution in [0.5, 0.6) is 11.5 Å². The van der Waals surface area contributed by atoms with E-state index in [9.17, 15) is 30.7 Å².